The first-order valence-electron chi connectivity index (χ1n) is 5.64. The molecule has 20 heavy (non-hydrogen) atoms. The van der Waals surface area contributed by atoms with Gasteiger partial charge in [0, 0.05) is 22.2 Å². The zero-order valence-electron chi connectivity index (χ0n) is 9.93. The van der Waals surface area contributed by atoms with Gasteiger partial charge in [0.15, 0.2) is 0 Å². The third kappa shape index (κ3) is 2.28. The average Bonchev–Trinajstić information content (AvgIpc) is 2.83. The molecule has 0 amide bonds. The minimum Gasteiger partial charge on any atom is -0.338 e. The summed E-state index contributed by atoms with van der Waals surface area (Å²) in [5.74, 6) is 0.576. The highest BCUT2D eigenvalue weighted by molar-refractivity contribution is 9.10. The molecule has 100 valence electrons. The fraction of sp³-hybridized carbons (Fsp3) is 0. The van der Waals surface area contributed by atoms with E-state index in [1.807, 2.05) is 12.1 Å². The molecule has 3 rings (SSSR count). The van der Waals surface area contributed by atoms with Gasteiger partial charge in [-0.1, -0.05) is 27.5 Å². The fourth-order valence-corrected chi connectivity index (χ4v) is 2.49. The lowest BCUT2D eigenvalue weighted by Crippen LogP contribution is -1.86. The molecule has 1 aromatic heterocycles. The van der Waals surface area contributed by atoms with Crippen LogP contribution in [-0.4, -0.2) is 14.9 Å². The second-order valence-corrected chi connectivity index (χ2v) is 5.49. The first kappa shape index (κ1) is 13.1. The first-order valence-corrected chi connectivity index (χ1v) is 6.81. The van der Waals surface area contributed by atoms with Crippen molar-refractivity contribution in [2.24, 2.45) is 0 Å². The predicted octanol–water partition coefficient (Wildman–Crippen LogP) is 4.55. The van der Waals surface area contributed by atoms with Crippen molar-refractivity contribution in [3.8, 4) is 11.4 Å². The zero-order chi connectivity index (χ0) is 14.3. The number of nitro benzene ring substituents is 1. The van der Waals surface area contributed by atoms with Crippen LogP contribution in [0.1, 0.15) is 0 Å². The van der Waals surface area contributed by atoms with Crippen molar-refractivity contribution in [1.82, 2.24) is 9.97 Å². The summed E-state index contributed by atoms with van der Waals surface area (Å²) in [5.41, 5.74) is 2.01. The van der Waals surface area contributed by atoms with E-state index in [4.69, 9.17) is 11.6 Å². The summed E-state index contributed by atoms with van der Waals surface area (Å²) in [6, 6.07) is 9.93. The SMILES string of the molecule is O=[N+]([O-])c1ccc2nc(-c3cc(Br)ccc3Cl)[nH]c2c1. The zero-order valence-corrected chi connectivity index (χ0v) is 12.3. The van der Waals surface area contributed by atoms with Crippen molar-refractivity contribution in [2.75, 3.05) is 0 Å². The number of fused-ring (bicyclic) bond motifs is 1. The van der Waals surface area contributed by atoms with Crippen LogP contribution in [0.5, 0.6) is 0 Å². The second-order valence-electron chi connectivity index (χ2n) is 4.17. The van der Waals surface area contributed by atoms with E-state index in [-0.39, 0.29) is 5.69 Å². The summed E-state index contributed by atoms with van der Waals surface area (Å²) >= 11 is 9.53. The molecule has 0 aliphatic carbocycles. The van der Waals surface area contributed by atoms with Crippen LogP contribution >= 0.6 is 27.5 Å². The van der Waals surface area contributed by atoms with Gasteiger partial charge in [-0.15, -0.1) is 0 Å². The molecule has 3 aromatic rings. The molecule has 0 fully saturated rings. The molecule has 0 aliphatic heterocycles. The van der Waals surface area contributed by atoms with Crippen LogP contribution in [0.15, 0.2) is 40.9 Å². The summed E-state index contributed by atoms with van der Waals surface area (Å²) in [5, 5.41) is 11.3. The summed E-state index contributed by atoms with van der Waals surface area (Å²) in [6.45, 7) is 0. The molecule has 7 heteroatoms. The molecule has 0 spiro atoms. The molecule has 1 N–H and O–H groups in total. The number of imidazole rings is 1. The molecule has 0 bridgehead atoms. The summed E-state index contributed by atoms with van der Waals surface area (Å²) in [4.78, 5) is 17.8. The van der Waals surface area contributed by atoms with Crippen LogP contribution in [0.3, 0.4) is 0 Å². The number of rotatable bonds is 2. The number of non-ortho nitro benzene ring substituents is 1. The van der Waals surface area contributed by atoms with Gasteiger partial charge in [0.05, 0.1) is 21.0 Å². The standard InChI is InChI=1S/C13H7BrClN3O2/c14-7-1-3-10(15)9(5-7)13-16-11-4-2-8(18(19)20)6-12(11)17-13/h1-6H,(H,16,17). The van der Waals surface area contributed by atoms with Gasteiger partial charge < -0.3 is 4.98 Å². The smallest absolute Gasteiger partial charge is 0.271 e. The highest BCUT2D eigenvalue weighted by Gasteiger charge is 2.12. The molecular formula is C13H7BrClN3O2. The Labute approximate surface area is 126 Å². The Bertz CT molecular complexity index is 832. The van der Waals surface area contributed by atoms with Gasteiger partial charge in [-0.05, 0) is 24.3 Å². The summed E-state index contributed by atoms with van der Waals surface area (Å²) in [7, 11) is 0. The predicted molar refractivity (Wildman–Crippen MR) is 80.9 cm³/mol. The third-order valence-corrected chi connectivity index (χ3v) is 3.68. The maximum atomic E-state index is 10.8. The Morgan fingerprint density at radius 2 is 2.05 bits per heavy atom. The molecule has 0 saturated heterocycles. The molecule has 5 nitrogen and oxygen atoms in total. The minimum absolute atomic E-state index is 0.0213. The number of aromatic nitrogens is 2. The van der Waals surface area contributed by atoms with Crippen molar-refractivity contribution in [3.05, 3.63) is 56.0 Å². The monoisotopic (exact) mass is 351 g/mol. The van der Waals surface area contributed by atoms with Gasteiger partial charge in [0.25, 0.3) is 5.69 Å². The van der Waals surface area contributed by atoms with Gasteiger partial charge in [0.1, 0.15) is 5.82 Å². The number of nitrogens with zero attached hydrogens (tertiary/aromatic N) is 2. The van der Waals surface area contributed by atoms with E-state index in [0.717, 1.165) is 10.0 Å². The van der Waals surface area contributed by atoms with E-state index >= 15 is 0 Å². The molecule has 0 aliphatic rings. The third-order valence-electron chi connectivity index (χ3n) is 2.86. The van der Waals surface area contributed by atoms with Crippen molar-refractivity contribution in [1.29, 1.82) is 0 Å². The molecule has 0 saturated carbocycles. The van der Waals surface area contributed by atoms with Crippen molar-refractivity contribution >= 4 is 44.3 Å². The molecule has 1 heterocycles. The molecule has 0 unspecified atom stereocenters. The Morgan fingerprint density at radius 1 is 1.25 bits per heavy atom. The van der Waals surface area contributed by atoms with Crippen LogP contribution in [0.2, 0.25) is 5.02 Å². The summed E-state index contributed by atoms with van der Waals surface area (Å²) in [6.07, 6.45) is 0. The number of benzene rings is 2. The van der Waals surface area contributed by atoms with Gasteiger partial charge >= 0.3 is 0 Å². The normalized spacial score (nSPS) is 10.9. The molecule has 0 atom stereocenters. The highest BCUT2D eigenvalue weighted by Crippen LogP contribution is 2.30. The Balaban J connectivity index is 2.17. The van der Waals surface area contributed by atoms with Crippen molar-refractivity contribution in [3.63, 3.8) is 0 Å². The van der Waals surface area contributed by atoms with Gasteiger partial charge in [-0.3, -0.25) is 10.1 Å². The molecular weight excluding hydrogens is 346 g/mol. The Hall–Kier alpha value is -1.92. The van der Waals surface area contributed by atoms with Crippen molar-refractivity contribution < 1.29 is 4.92 Å². The number of hydrogen-bond donors (Lipinski definition) is 1. The largest absolute Gasteiger partial charge is 0.338 e. The summed E-state index contributed by atoms with van der Waals surface area (Å²) < 4.78 is 0.878. The van der Waals surface area contributed by atoms with Gasteiger partial charge in [-0.2, -0.15) is 0 Å². The van der Waals surface area contributed by atoms with E-state index < -0.39 is 4.92 Å². The number of hydrogen-bond acceptors (Lipinski definition) is 3. The van der Waals surface area contributed by atoms with E-state index in [2.05, 4.69) is 25.9 Å². The van der Waals surface area contributed by atoms with E-state index in [1.165, 1.54) is 12.1 Å². The molecule has 0 radical (unpaired) electrons. The van der Waals surface area contributed by atoms with Crippen LogP contribution in [0, 0.1) is 10.1 Å². The topological polar surface area (TPSA) is 71.8 Å². The first-order chi connectivity index (χ1) is 9.54. The Kier molecular flexibility index (Phi) is 3.19. The Morgan fingerprint density at radius 3 is 2.80 bits per heavy atom. The van der Waals surface area contributed by atoms with E-state index in [9.17, 15) is 10.1 Å². The maximum Gasteiger partial charge on any atom is 0.271 e. The lowest BCUT2D eigenvalue weighted by molar-refractivity contribution is -0.384. The lowest BCUT2D eigenvalue weighted by Gasteiger charge is -2.00. The van der Waals surface area contributed by atoms with Crippen molar-refractivity contribution in [2.45, 2.75) is 0 Å². The van der Waals surface area contributed by atoms with Gasteiger partial charge in [0.2, 0.25) is 0 Å². The number of halogens is 2. The average molecular weight is 353 g/mol. The van der Waals surface area contributed by atoms with E-state index in [0.29, 0.717) is 21.9 Å². The minimum atomic E-state index is -0.438. The van der Waals surface area contributed by atoms with Gasteiger partial charge in [-0.25, -0.2) is 4.98 Å². The van der Waals surface area contributed by atoms with Crippen LogP contribution in [-0.2, 0) is 0 Å². The number of nitrogens with one attached hydrogen (secondary N) is 1. The molecule has 2 aromatic carbocycles. The van der Waals surface area contributed by atoms with Crippen LogP contribution < -0.4 is 0 Å². The quantitative estimate of drug-likeness (QED) is 0.543. The fourth-order valence-electron chi connectivity index (χ4n) is 1.92. The lowest BCUT2D eigenvalue weighted by atomic mass is 10.2. The van der Waals surface area contributed by atoms with Crippen LogP contribution in [0.25, 0.3) is 22.4 Å². The number of H-pyrrole nitrogens is 1. The number of nitro groups is 1. The maximum absolute atomic E-state index is 10.8. The van der Waals surface area contributed by atoms with E-state index in [1.54, 1.807) is 12.1 Å². The number of aromatic amines is 1. The second kappa shape index (κ2) is 4.88. The van der Waals surface area contributed by atoms with Crippen LogP contribution in [0.4, 0.5) is 5.69 Å². The highest BCUT2D eigenvalue weighted by atomic mass is 79.9.